The Morgan fingerprint density at radius 1 is 0.867 bits per heavy atom. The molecule has 2 heterocycles. The van der Waals surface area contributed by atoms with E-state index in [0.717, 1.165) is 36.8 Å². The van der Waals surface area contributed by atoms with Gasteiger partial charge >= 0.3 is 5.97 Å². The number of rotatable bonds is 10. The largest absolute Gasteiger partial charge is 0.490 e. The van der Waals surface area contributed by atoms with Gasteiger partial charge in [0.15, 0.2) is 5.76 Å². The second-order valence-electron chi connectivity index (χ2n) is 10.9. The van der Waals surface area contributed by atoms with Crippen LogP contribution in [-0.4, -0.2) is 40.0 Å². The van der Waals surface area contributed by atoms with Gasteiger partial charge in [-0.2, -0.15) is 0 Å². The third kappa shape index (κ3) is 7.48. The molecule has 45 heavy (non-hydrogen) atoms. The fraction of sp³-hybridized carbons (Fsp3) is 0.200. The van der Waals surface area contributed by atoms with Crippen molar-refractivity contribution in [3.63, 3.8) is 0 Å². The summed E-state index contributed by atoms with van der Waals surface area (Å²) in [7, 11) is 0. The molecular formula is C35H31N3O7. The number of anilines is 1. The van der Waals surface area contributed by atoms with Crippen molar-refractivity contribution in [1.29, 1.82) is 0 Å². The van der Waals surface area contributed by atoms with E-state index < -0.39 is 5.97 Å². The average Bonchev–Trinajstić information content (AvgIpc) is 3.49. The lowest BCUT2D eigenvalue weighted by molar-refractivity contribution is -0.115. The number of furan rings is 1. The van der Waals surface area contributed by atoms with E-state index in [-0.39, 0.29) is 41.6 Å². The van der Waals surface area contributed by atoms with Gasteiger partial charge in [-0.05, 0) is 79.8 Å². The van der Waals surface area contributed by atoms with E-state index >= 15 is 0 Å². The SMILES string of the molecule is O=C(Cc1ccc(Oc2ccc(OC3CCC(NC(=O)c4cc5ccccc5o4)CC3)cc2)nc1)Nc1ccccc1C(=O)O. The van der Waals surface area contributed by atoms with Gasteiger partial charge in [0, 0.05) is 23.7 Å². The number of aromatic carboxylic acids is 1. The molecule has 0 bridgehead atoms. The molecule has 3 aromatic carbocycles. The van der Waals surface area contributed by atoms with Crippen LogP contribution in [0.3, 0.4) is 0 Å². The van der Waals surface area contributed by atoms with Crippen molar-refractivity contribution >= 4 is 34.4 Å². The van der Waals surface area contributed by atoms with Crippen molar-refractivity contribution in [2.75, 3.05) is 5.32 Å². The quantitative estimate of drug-likeness (QED) is 0.161. The zero-order valence-electron chi connectivity index (χ0n) is 24.3. The van der Waals surface area contributed by atoms with Crippen LogP contribution in [0.4, 0.5) is 5.69 Å². The van der Waals surface area contributed by atoms with Gasteiger partial charge in [-0.25, -0.2) is 9.78 Å². The zero-order chi connectivity index (χ0) is 31.2. The van der Waals surface area contributed by atoms with Gasteiger partial charge in [-0.3, -0.25) is 9.59 Å². The highest BCUT2D eigenvalue weighted by atomic mass is 16.5. The predicted molar refractivity (Wildman–Crippen MR) is 167 cm³/mol. The number of aromatic nitrogens is 1. The highest BCUT2D eigenvalue weighted by molar-refractivity contribution is 6.01. The van der Waals surface area contributed by atoms with Gasteiger partial charge in [0.05, 0.1) is 23.8 Å². The monoisotopic (exact) mass is 605 g/mol. The number of hydrogen-bond acceptors (Lipinski definition) is 7. The Bertz CT molecular complexity index is 1770. The third-order valence-electron chi connectivity index (χ3n) is 7.60. The maximum atomic E-state index is 12.7. The Labute approximate surface area is 259 Å². The van der Waals surface area contributed by atoms with Crippen molar-refractivity contribution < 1.29 is 33.4 Å². The second-order valence-corrected chi connectivity index (χ2v) is 10.9. The van der Waals surface area contributed by atoms with Crippen LogP contribution in [0, 0.1) is 0 Å². The molecule has 1 fully saturated rings. The van der Waals surface area contributed by atoms with E-state index in [1.165, 1.54) is 6.07 Å². The molecule has 0 atom stereocenters. The molecule has 10 nitrogen and oxygen atoms in total. The molecule has 0 unspecified atom stereocenters. The van der Waals surface area contributed by atoms with Gasteiger partial charge in [-0.15, -0.1) is 0 Å². The fourth-order valence-electron chi connectivity index (χ4n) is 5.31. The molecule has 0 saturated heterocycles. The first-order chi connectivity index (χ1) is 21.9. The van der Waals surface area contributed by atoms with Gasteiger partial charge in [0.25, 0.3) is 5.91 Å². The summed E-state index contributed by atoms with van der Waals surface area (Å²) < 4.78 is 17.7. The number of hydrogen-bond donors (Lipinski definition) is 3. The van der Waals surface area contributed by atoms with E-state index in [9.17, 15) is 19.5 Å². The number of carboxylic acids is 1. The number of nitrogens with one attached hydrogen (secondary N) is 2. The van der Waals surface area contributed by atoms with E-state index in [1.807, 2.05) is 36.4 Å². The molecule has 2 aromatic heterocycles. The zero-order valence-corrected chi connectivity index (χ0v) is 24.3. The number of carboxylic acid groups (broad SMARTS) is 1. The number of para-hydroxylation sites is 2. The molecule has 1 aliphatic rings. The molecule has 2 amide bonds. The van der Waals surface area contributed by atoms with Crippen LogP contribution in [0.5, 0.6) is 17.4 Å². The first kappa shape index (κ1) is 29.4. The standard InChI is InChI=1S/C35H31N3O7/c39-32(38-29-7-3-2-6-28(29)35(41)42)19-22-9-18-33(36-21-22)44-27-16-14-26(15-17-27)43-25-12-10-24(11-13-25)37-34(40)31-20-23-5-1-4-8-30(23)45-31/h1-9,14-18,20-21,24-25H,10-13,19H2,(H,37,40)(H,38,39)(H,41,42). The molecular weight excluding hydrogens is 574 g/mol. The maximum Gasteiger partial charge on any atom is 0.337 e. The van der Waals surface area contributed by atoms with Gasteiger partial charge in [0.1, 0.15) is 17.1 Å². The van der Waals surface area contributed by atoms with Gasteiger partial charge in [0.2, 0.25) is 11.8 Å². The summed E-state index contributed by atoms with van der Waals surface area (Å²) in [6.07, 6.45) is 4.91. The Kier molecular flexibility index (Phi) is 8.72. The van der Waals surface area contributed by atoms with E-state index in [2.05, 4.69) is 15.6 Å². The summed E-state index contributed by atoms with van der Waals surface area (Å²) >= 11 is 0. The molecule has 228 valence electrons. The Morgan fingerprint density at radius 2 is 1.60 bits per heavy atom. The first-order valence-corrected chi connectivity index (χ1v) is 14.7. The van der Waals surface area contributed by atoms with Crippen molar-refractivity contribution in [3.8, 4) is 17.4 Å². The first-order valence-electron chi connectivity index (χ1n) is 14.7. The number of fused-ring (bicyclic) bond motifs is 1. The summed E-state index contributed by atoms with van der Waals surface area (Å²) in [5.41, 5.74) is 1.62. The summed E-state index contributed by atoms with van der Waals surface area (Å²) in [4.78, 5) is 40.8. The van der Waals surface area contributed by atoms with Crippen LogP contribution in [0.1, 0.15) is 52.2 Å². The summed E-state index contributed by atoms with van der Waals surface area (Å²) in [5, 5.41) is 15.9. The van der Waals surface area contributed by atoms with Crippen LogP contribution in [0.15, 0.2) is 102 Å². The van der Waals surface area contributed by atoms with E-state index in [0.29, 0.717) is 28.5 Å². The van der Waals surface area contributed by atoms with Gasteiger partial charge < -0.3 is 29.6 Å². The summed E-state index contributed by atoms with van der Waals surface area (Å²) in [5.74, 6) is 0.354. The van der Waals surface area contributed by atoms with Crippen LogP contribution >= 0.6 is 0 Å². The molecule has 10 heteroatoms. The number of amides is 2. The van der Waals surface area contributed by atoms with E-state index in [4.69, 9.17) is 13.9 Å². The molecule has 3 N–H and O–H groups in total. The number of carbonyl (C=O) groups excluding carboxylic acids is 2. The number of nitrogens with zero attached hydrogens (tertiary/aromatic N) is 1. The third-order valence-corrected chi connectivity index (χ3v) is 7.60. The van der Waals surface area contributed by atoms with Gasteiger partial charge in [-0.1, -0.05) is 36.4 Å². The lowest BCUT2D eigenvalue weighted by Crippen LogP contribution is -2.39. The number of benzene rings is 3. The topological polar surface area (TPSA) is 140 Å². The average molecular weight is 606 g/mol. The van der Waals surface area contributed by atoms with Crippen molar-refractivity contribution in [2.24, 2.45) is 0 Å². The number of ether oxygens (including phenoxy) is 2. The minimum Gasteiger partial charge on any atom is -0.490 e. The summed E-state index contributed by atoms with van der Waals surface area (Å²) in [6.45, 7) is 0. The van der Waals surface area contributed by atoms with Crippen LogP contribution < -0.4 is 20.1 Å². The molecule has 6 rings (SSSR count). The number of carbonyl (C=O) groups is 3. The number of pyridine rings is 1. The summed E-state index contributed by atoms with van der Waals surface area (Å²) in [6, 6.07) is 26.4. The highest BCUT2D eigenvalue weighted by Gasteiger charge is 2.25. The molecule has 1 saturated carbocycles. The van der Waals surface area contributed by atoms with Crippen LogP contribution in [0.2, 0.25) is 0 Å². The minimum atomic E-state index is -1.11. The Hall–Kier alpha value is -5.64. The molecule has 0 radical (unpaired) electrons. The Balaban J connectivity index is 0.942. The van der Waals surface area contributed by atoms with Crippen LogP contribution in [-0.2, 0) is 11.2 Å². The molecule has 5 aromatic rings. The van der Waals surface area contributed by atoms with Crippen molar-refractivity contribution in [2.45, 2.75) is 44.2 Å². The van der Waals surface area contributed by atoms with Crippen molar-refractivity contribution in [1.82, 2.24) is 10.3 Å². The Morgan fingerprint density at radius 3 is 2.33 bits per heavy atom. The minimum absolute atomic E-state index is 0.0255. The van der Waals surface area contributed by atoms with Crippen LogP contribution in [0.25, 0.3) is 11.0 Å². The van der Waals surface area contributed by atoms with Crippen molar-refractivity contribution in [3.05, 3.63) is 114 Å². The molecule has 0 spiro atoms. The molecule has 0 aliphatic heterocycles. The normalized spacial score (nSPS) is 16.1. The fourth-order valence-corrected chi connectivity index (χ4v) is 5.31. The van der Waals surface area contributed by atoms with E-state index in [1.54, 1.807) is 54.7 Å². The highest BCUT2D eigenvalue weighted by Crippen LogP contribution is 2.28. The second kappa shape index (κ2) is 13.3. The lowest BCUT2D eigenvalue weighted by Gasteiger charge is -2.29. The molecule has 1 aliphatic carbocycles. The predicted octanol–water partition coefficient (Wildman–Crippen LogP) is 6.62. The maximum absolute atomic E-state index is 12.7. The smallest absolute Gasteiger partial charge is 0.337 e. The lowest BCUT2D eigenvalue weighted by atomic mass is 9.93.